The molecule has 7 nitrogen and oxygen atoms in total. The maximum atomic E-state index is 12.4. The number of amides is 2. The van der Waals surface area contributed by atoms with Crippen LogP contribution in [0.15, 0.2) is 42.5 Å². The fourth-order valence-electron chi connectivity index (χ4n) is 3.35. The Bertz CT molecular complexity index is 882. The van der Waals surface area contributed by atoms with Gasteiger partial charge in [-0.2, -0.15) is 0 Å². The topological polar surface area (TPSA) is 79.9 Å². The standard InChI is InChI=1S/C22H26ClN3O4/c1-15-3-6-17(23)13-19(15)25-22(28)21(27)24-14-20(26-9-11-30-12-10-26)16-4-7-18(29-2)8-5-16/h3-8,13,20H,9-12,14H2,1-2H3,(H,24,27)(H,25,28)/t20-/m0/s1. The van der Waals surface area contributed by atoms with Crippen molar-refractivity contribution in [2.45, 2.75) is 13.0 Å². The van der Waals surface area contributed by atoms with Gasteiger partial charge in [-0.15, -0.1) is 0 Å². The van der Waals surface area contributed by atoms with Gasteiger partial charge in [0.1, 0.15) is 5.75 Å². The molecule has 0 aliphatic carbocycles. The van der Waals surface area contributed by atoms with Crippen LogP contribution in [0.4, 0.5) is 5.69 Å². The number of carbonyl (C=O) groups excluding carboxylic acids is 2. The third-order valence-corrected chi connectivity index (χ3v) is 5.33. The highest BCUT2D eigenvalue weighted by Gasteiger charge is 2.24. The van der Waals surface area contributed by atoms with E-state index in [4.69, 9.17) is 21.1 Å². The molecular formula is C22H26ClN3O4. The zero-order valence-electron chi connectivity index (χ0n) is 17.1. The number of morpholine rings is 1. The number of methoxy groups -OCH3 is 1. The summed E-state index contributed by atoms with van der Waals surface area (Å²) >= 11 is 5.98. The Morgan fingerprint density at radius 2 is 1.83 bits per heavy atom. The average molecular weight is 432 g/mol. The minimum absolute atomic E-state index is 0.0792. The molecule has 8 heteroatoms. The summed E-state index contributed by atoms with van der Waals surface area (Å²) in [4.78, 5) is 27.1. The monoisotopic (exact) mass is 431 g/mol. The Balaban J connectivity index is 1.66. The summed E-state index contributed by atoms with van der Waals surface area (Å²) in [6.45, 7) is 4.90. The van der Waals surface area contributed by atoms with Crippen molar-refractivity contribution in [1.82, 2.24) is 10.2 Å². The van der Waals surface area contributed by atoms with Gasteiger partial charge in [-0.1, -0.05) is 29.8 Å². The van der Waals surface area contributed by atoms with Crippen molar-refractivity contribution >= 4 is 29.1 Å². The van der Waals surface area contributed by atoms with Crippen LogP contribution in [0.25, 0.3) is 0 Å². The molecule has 2 aromatic carbocycles. The van der Waals surface area contributed by atoms with Crippen LogP contribution in [0.5, 0.6) is 5.75 Å². The lowest BCUT2D eigenvalue weighted by atomic mass is 10.0. The van der Waals surface area contributed by atoms with E-state index in [2.05, 4.69) is 15.5 Å². The van der Waals surface area contributed by atoms with Crippen molar-refractivity contribution in [3.63, 3.8) is 0 Å². The molecule has 2 amide bonds. The molecule has 1 aliphatic rings. The van der Waals surface area contributed by atoms with Gasteiger partial charge in [-0.25, -0.2) is 0 Å². The Hall–Kier alpha value is -2.61. The Kier molecular flexibility index (Phi) is 7.68. The van der Waals surface area contributed by atoms with Gasteiger partial charge in [0.15, 0.2) is 0 Å². The van der Waals surface area contributed by atoms with E-state index in [1.165, 1.54) is 0 Å². The first-order valence-electron chi connectivity index (χ1n) is 9.79. The van der Waals surface area contributed by atoms with E-state index in [1.54, 1.807) is 25.3 Å². The molecule has 1 fully saturated rings. The third kappa shape index (κ3) is 5.72. The molecule has 0 aromatic heterocycles. The molecule has 1 saturated heterocycles. The predicted octanol–water partition coefficient (Wildman–Crippen LogP) is 2.79. The Morgan fingerprint density at radius 1 is 1.13 bits per heavy atom. The lowest BCUT2D eigenvalue weighted by Crippen LogP contribution is -2.45. The average Bonchev–Trinajstić information content (AvgIpc) is 2.77. The van der Waals surface area contributed by atoms with E-state index in [-0.39, 0.29) is 6.04 Å². The second-order valence-corrected chi connectivity index (χ2v) is 7.50. The van der Waals surface area contributed by atoms with Gasteiger partial charge in [0.2, 0.25) is 0 Å². The molecule has 0 spiro atoms. The molecule has 0 unspecified atom stereocenters. The maximum Gasteiger partial charge on any atom is 0.313 e. The number of hydrogen-bond acceptors (Lipinski definition) is 5. The van der Waals surface area contributed by atoms with Gasteiger partial charge in [0.25, 0.3) is 0 Å². The smallest absolute Gasteiger partial charge is 0.313 e. The molecule has 1 aliphatic heterocycles. The number of nitrogens with zero attached hydrogens (tertiary/aromatic N) is 1. The summed E-state index contributed by atoms with van der Waals surface area (Å²) in [7, 11) is 1.62. The lowest BCUT2D eigenvalue weighted by molar-refractivity contribution is -0.136. The number of benzene rings is 2. The van der Waals surface area contributed by atoms with Gasteiger partial charge in [-0.05, 0) is 42.3 Å². The molecule has 3 rings (SSSR count). The molecule has 0 bridgehead atoms. The number of halogens is 1. The summed E-state index contributed by atoms with van der Waals surface area (Å²) in [5, 5.41) is 5.88. The highest BCUT2D eigenvalue weighted by Crippen LogP contribution is 2.24. The predicted molar refractivity (Wildman–Crippen MR) is 116 cm³/mol. The van der Waals surface area contributed by atoms with Crippen LogP contribution >= 0.6 is 11.6 Å². The molecule has 1 atom stereocenters. The van der Waals surface area contributed by atoms with E-state index in [0.29, 0.717) is 30.5 Å². The number of nitrogens with one attached hydrogen (secondary N) is 2. The van der Waals surface area contributed by atoms with E-state index in [0.717, 1.165) is 30.0 Å². The van der Waals surface area contributed by atoms with E-state index >= 15 is 0 Å². The number of rotatable bonds is 6. The first-order valence-corrected chi connectivity index (χ1v) is 10.2. The van der Waals surface area contributed by atoms with Gasteiger partial charge in [-0.3, -0.25) is 14.5 Å². The van der Waals surface area contributed by atoms with Crippen LogP contribution < -0.4 is 15.4 Å². The van der Waals surface area contributed by atoms with Crippen LogP contribution in [-0.4, -0.2) is 56.7 Å². The minimum Gasteiger partial charge on any atom is -0.497 e. The minimum atomic E-state index is -0.726. The molecule has 160 valence electrons. The molecule has 2 aromatic rings. The van der Waals surface area contributed by atoms with Crippen molar-refractivity contribution in [1.29, 1.82) is 0 Å². The number of hydrogen-bond donors (Lipinski definition) is 2. The third-order valence-electron chi connectivity index (χ3n) is 5.10. The SMILES string of the molecule is COc1ccc([C@H](CNC(=O)C(=O)Nc2cc(Cl)ccc2C)N2CCOCC2)cc1. The Morgan fingerprint density at radius 3 is 2.50 bits per heavy atom. The molecule has 30 heavy (non-hydrogen) atoms. The van der Waals surface area contributed by atoms with Gasteiger partial charge in [0, 0.05) is 30.3 Å². The fourth-order valence-corrected chi connectivity index (χ4v) is 3.52. The second kappa shape index (κ2) is 10.4. The summed E-state index contributed by atoms with van der Waals surface area (Å²) in [6, 6.07) is 12.8. The number of anilines is 1. The maximum absolute atomic E-state index is 12.4. The highest BCUT2D eigenvalue weighted by atomic mass is 35.5. The van der Waals surface area contributed by atoms with E-state index in [1.807, 2.05) is 31.2 Å². The van der Waals surface area contributed by atoms with Crippen molar-refractivity contribution < 1.29 is 19.1 Å². The lowest BCUT2D eigenvalue weighted by Gasteiger charge is -2.35. The van der Waals surface area contributed by atoms with Crippen LogP contribution in [0.2, 0.25) is 5.02 Å². The number of carbonyl (C=O) groups is 2. The highest BCUT2D eigenvalue weighted by molar-refractivity contribution is 6.40. The molecule has 0 saturated carbocycles. The van der Waals surface area contributed by atoms with Crippen molar-refractivity contribution in [2.75, 3.05) is 45.3 Å². The van der Waals surface area contributed by atoms with Crippen molar-refractivity contribution in [3.05, 3.63) is 58.6 Å². The zero-order chi connectivity index (χ0) is 21.5. The quantitative estimate of drug-likeness (QED) is 0.687. The summed E-state index contributed by atoms with van der Waals surface area (Å²) in [5.41, 5.74) is 2.37. The first-order chi connectivity index (χ1) is 14.5. The Labute approximate surface area is 181 Å². The van der Waals surface area contributed by atoms with Gasteiger partial charge >= 0.3 is 11.8 Å². The van der Waals surface area contributed by atoms with E-state index < -0.39 is 11.8 Å². The normalized spacial score (nSPS) is 15.3. The molecule has 2 N–H and O–H groups in total. The van der Waals surface area contributed by atoms with Gasteiger partial charge < -0.3 is 20.1 Å². The van der Waals surface area contributed by atoms with Crippen molar-refractivity contribution in [2.24, 2.45) is 0 Å². The largest absolute Gasteiger partial charge is 0.497 e. The van der Waals surface area contributed by atoms with Crippen LogP contribution in [0.1, 0.15) is 17.2 Å². The summed E-state index contributed by atoms with van der Waals surface area (Å²) < 4.78 is 10.7. The van der Waals surface area contributed by atoms with E-state index in [9.17, 15) is 9.59 Å². The van der Waals surface area contributed by atoms with Crippen LogP contribution in [-0.2, 0) is 14.3 Å². The van der Waals surface area contributed by atoms with Crippen LogP contribution in [0, 0.1) is 6.92 Å². The zero-order valence-corrected chi connectivity index (χ0v) is 17.9. The molecule has 0 radical (unpaired) electrons. The molecular weight excluding hydrogens is 406 g/mol. The fraction of sp³-hybridized carbons (Fsp3) is 0.364. The summed E-state index contributed by atoms with van der Waals surface area (Å²) in [6.07, 6.45) is 0. The molecule has 1 heterocycles. The van der Waals surface area contributed by atoms with Crippen molar-refractivity contribution in [3.8, 4) is 5.75 Å². The number of ether oxygens (including phenoxy) is 2. The first kappa shape index (κ1) is 22.1. The van der Waals surface area contributed by atoms with Crippen LogP contribution in [0.3, 0.4) is 0 Å². The second-order valence-electron chi connectivity index (χ2n) is 7.06. The van der Waals surface area contributed by atoms with Gasteiger partial charge in [0.05, 0.1) is 26.4 Å². The number of aryl methyl sites for hydroxylation is 1. The summed E-state index contributed by atoms with van der Waals surface area (Å²) in [5.74, 6) is -0.656.